The van der Waals surface area contributed by atoms with E-state index in [1.54, 1.807) is 4.90 Å². The normalized spacial score (nSPS) is 20.7. The summed E-state index contributed by atoms with van der Waals surface area (Å²) in [4.78, 5) is 39.4. The van der Waals surface area contributed by atoms with Crippen LogP contribution in [0.15, 0.2) is 28.7 Å². The quantitative estimate of drug-likeness (QED) is 0.751. The molecule has 0 radical (unpaired) electrons. The Hall–Kier alpha value is -2.29. The molecule has 3 amide bonds. The first-order valence-electron chi connectivity index (χ1n) is 8.34. The molecule has 0 unspecified atom stereocenters. The highest BCUT2D eigenvalue weighted by Crippen LogP contribution is 2.26. The smallest absolute Gasteiger partial charge is 0.410 e. The van der Waals surface area contributed by atoms with E-state index in [1.807, 2.05) is 24.3 Å². The summed E-state index contributed by atoms with van der Waals surface area (Å²) >= 11 is 3.40. The summed E-state index contributed by atoms with van der Waals surface area (Å²) in [6, 6.07) is 6.34. The van der Waals surface area contributed by atoms with Crippen molar-refractivity contribution in [3.05, 3.63) is 28.7 Å². The second kappa shape index (κ2) is 7.94. The molecule has 26 heavy (non-hydrogen) atoms. The molecule has 1 atom stereocenters. The topological polar surface area (TPSA) is 88.2 Å². The SMILES string of the molecule is COC(=O)[C@@H]1COC(=O)N1C1CCN(C(=O)Nc2ccccc2Br)CC1. The van der Waals surface area contributed by atoms with Gasteiger partial charge in [-0.3, -0.25) is 4.90 Å². The van der Waals surface area contributed by atoms with E-state index in [1.165, 1.54) is 12.0 Å². The van der Waals surface area contributed by atoms with Crippen LogP contribution in [0.3, 0.4) is 0 Å². The Bertz CT molecular complexity index is 705. The van der Waals surface area contributed by atoms with Crippen LogP contribution < -0.4 is 5.32 Å². The Kier molecular flexibility index (Phi) is 5.65. The Morgan fingerprint density at radius 1 is 1.27 bits per heavy atom. The van der Waals surface area contributed by atoms with E-state index in [0.29, 0.717) is 31.6 Å². The van der Waals surface area contributed by atoms with Crippen molar-refractivity contribution in [2.45, 2.75) is 24.9 Å². The number of urea groups is 1. The minimum Gasteiger partial charge on any atom is -0.467 e. The summed E-state index contributed by atoms with van der Waals surface area (Å²) < 4.78 is 10.6. The largest absolute Gasteiger partial charge is 0.467 e. The Morgan fingerprint density at radius 3 is 2.62 bits per heavy atom. The number of carbonyl (C=O) groups excluding carboxylic acids is 3. The Balaban J connectivity index is 1.58. The molecule has 0 bridgehead atoms. The van der Waals surface area contributed by atoms with Crippen LogP contribution in [0.5, 0.6) is 0 Å². The third-order valence-corrected chi connectivity index (χ3v) is 5.34. The van der Waals surface area contributed by atoms with Crippen LogP contribution in [0.25, 0.3) is 0 Å². The molecule has 2 fully saturated rings. The molecule has 0 spiro atoms. The fourth-order valence-electron chi connectivity index (χ4n) is 3.26. The first-order chi connectivity index (χ1) is 12.5. The van der Waals surface area contributed by atoms with Crippen LogP contribution in [0.4, 0.5) is 15.3 Å². The van der Waals surface area contributed by atoms with Crippen molar-refractivity contribution in [2.24, 2.45) is 0 Å². The Labute approximate surface area is 159 Å². The van der Waals surface area contributed by atoms with E-state index in [-0.39, 0.29) is 18.7 Å². The van der Waals surface area contributed by atoms with Gasteiger partial charge in [0, 0.05) is 23.6 Å². The van der Waals surface area contributed by atoms with Crippen LogP contribution >= 0.6 is 15.9 Å². The summed E-state index contributed by atoms with van der Waals surface area (Å²) in [6.07, 6.45) is 0.648. The summed E-state index contributed by atoms with van der Waals surface area (Å²) in [5.41, 5.74) is 0.702. The first-order valence-corrected chi connectivity index (χ1v) is 9.14. The molecular weight excluding hydrogens is 406 g/mol. The number of ether oxygens (including phenoxy) is 2. The minimum absolute atomic E-state index is 0.00818. The molecule has 9 heteroatoms. The molecule has 2 heterocycles. The van der Waals surface area contributed by atoms with Gasteiger partial charge in [-0.1, -0.05) is 12.1 Å². The van der Waals surface area contributed by atoms with Crippen LogP contribution in [-0.4, -0.2) is 66.8 Å². The van der Waals surface area contributed by atoms with Gasteiger partial charge >= 0.3 is 18.1 Å². The zero-order valence-corrected chi connectivity index (χ0v) is 15.9. The molecule has 3 rings (SSSR count). The summed E-state index contributed by atoms with van der Waals surface area (Å²) in [5.74, 6) is -0.482. The van der Waals surface area contributed by atoms with E-state index in [0.717, 1.165) is 4.47 Å². The van der Waals surface area contributed by atoms with E-state index in [9.17, 15) is 14.4 Å². The minimum atomic E-state index is -0.710. The number of amides is 3. The lowest BCUT2D eigenvalue weighted by molar-refractivity contribution is -0.145. The lowest BCUT2D eigenvalue weighted by atomic mass is 10.0. The van der Waals surface area contributed by atoms with Gasteiger partial charge in [0.05, 0.1) is 12.8 Å². The molecule has 1 N–H and O–H groups in total. The Morgan fingerprint density at radius 2 is 1.96 bits per heavy atom. The standard InChI is InChI=1S/C17H20BrN3O5/c1-25-15(22)14-10-26-17(24)21(14)11-6-8-20(9-7-11)16(23)19-13-5-3-2-4-12(13)18/h2-5,11,14H,6-10H2,1H3,(H,19,23)/t14-/m0/s1. The fourth-order valence-corrected chi connectivity index (χ4v) is 3.64. The van der Waals surface area contributed by atoms with E-state index < -0.39 is 18.1 Å². The molecule has 2 saturated heterocycles. The number of benzene rings is 1. The number of anilines is 1. The monoisotopic (exact) mass is 425 g/mol. The van der Waals surface area contributed by atoms with Gasteiger partial charge in [-0.05, 0) is 40.9 Å². The maximum atomic E-state index is 12.4. The number of para-hydroxylation sites is 1. The molecule has 8 nitrogen and oxygen atoms in total. The van der Waals surface area contributed by atoms with Crippen molar-refractivity contribution in [3.63, 3.8) is 0 Å². The van der Waals surface area contributed by atoms with E-state index in [2.05, 4.69) is 21.2 Å². The van der Waals surface area contributed by atoms with Gasteiger partial charge in [0.15, 0.2) is 6.04 Å². The number of nitrogens with one attached hydrogen (secondary N) is 1. The number of hydrogen-bond acceptors (Lipinski definition) is 5. The summed E-state index contributed by atoms with van der Waals surface area (Å²) in [5, 5.41) is 2.87. The zero-order chi connectivity index (χ0) is 18.7. The number of cyclic esters (lactones) is 1. The number of halogens is 1. The summed E-state index contributed by atoms with van der Waals surface area (Å²) in [6.45, 7) is 0.978. The fraction of sp³-hybridized carbons (Fsp3) is 0.471. The number of hydrogen-bond donors (Lipinski definition) is 1. The second-order valence-corrected chi connectivity index (χ2v) is 7.01. The van der Waals surface area contributed by atoms with Crippen molar-refractivity contribution in [1.29, 1.82) is 0 Å². The van der Waals surface area contributed by atoms with Gasteiger partial charge in [0.1, 0.15) is 6.61 Å². The van der Waals surface area contributed by atoms with Crippen LogP contribution in [-0.2, 0) is 14.3 Å². The molecule has 140 valence electrons. The van der Waals surface area contributed by atoms with Gasteiger partial charge in [0.25, 0.3) is 0 Å². The van der Waals surface area contributed by atoms with E-state index in [4.69, 9.17) is 9.47 Å². The summed E-state index contributed by atoms with van der Waals surface area (Å²) in [7, 11) is 1.29. The number of likely N-dealkylation sites (tertiary alicyclic amines) is 1. The van der Waals surface area contributed by atoms with Gasteiger partial charge < -0.3 is 19.7 Å². The third kappa shape index (κ3) is 3.77. The molecule has 2 aliphatic rings. The van der Waals surface area contributed by atoms with Crippen LogP contribution in [0.2, 0.25) is 0 Å². The van der Waals surface area contributed by atoms with Gasteiger partial charge in [-0.15, -0.1) is 0 Å². The average molecular weight is 426 g/mol. The molecule has 0 aromatic heterocycles. The lowest BCUT2D eigenvalue weighted by Gasteiger charge is -2.37. The maximum Gasteiger partial charge on any atom is 0.410 e. The predicted octanol–water partition coefficient (Wildman–Crippen LogP) is 2.44. The number of carbonyl (C=O) groups is 3. The van der Waals surface area contributed by atoms with E-state index >= 15 is 0 Å². The van der Waals surface area contributed by atoms with Gasteiger partial charge in [-0.25, -0.2) is 14.4 Å². The number of nitrogens with zero attached hydrogens (tertiary/aromatic N) is 2. The third-order valence-electron chi connectivity index (χ3n) is 4.65. The molecular formula is C17H20BrN3O5. The molecule has 0 aliphatic carbocycles. The van der Waals surface area contributed by atoms with Gasteiger partial charge in [0.2, 0.25) is 0 Å². The maximum absolute atomic E-state index is 12.4. The molecule has 2 aliphatic heterocycles. The first kappa shape index (κ1) is 18.5. The number of rotatable bonds is 3. The zero-order valence-electron chi connectivity index (χ0n) is 14.3. The van der Waals surface area contributed by atoms with Crippen molar-refractivity contribution in [1.82, 2.24) is 9.80 Å². The number of piperidine rings is 1. The highest BCUT2D eigenvalue weighted by atomic mass is 79.9. The number of methoxy groups -OCH3 is 1. The molecule has 1 aromatic carbocycles. The van der Waals surface area contributed by atoms with Crippen LogP contribution in [0.1, 0.15) is 12.8 Å². The predicted molar refractivity (Wildman–Crippen MR) is 96.7 cm³/mol. The highest BCUT2D eigenvalue weighted by molar-refractivity contribution is 9.10. The highest BCUT2D eigenvalue weighted by Gasteiger charge is 2.44. The lowest BCUT2D eigenvalue weighted by Crippen LogP contribution is -2.52. The van der Waals surface area contributed by atoms with Crippen molar-refractivity contribution < 1.29 is 23.9 Å². The van der Waals surface area contributed by atoms with Crippen molar-refractivity contribution in [3.8, 4) is 0 Å². The number of esters is 1. The van der Waals surface area contributed by atoms with Crippen molar-refractivity contribution >= 4 is 39.7 Å². The van der Waals surface area contributed by atoms with Gasteiger partial charge in [-0.2, -0.15) is 0 Å². The second-order valence-electron chi connectivity index (χ2n) is 6.15. The molecule has 0 saturated carbocycles. The van der Waals surface area contributed by atoms with Crippen LogP contribution in [0, 0.1) is 0 Å². The molecule has 1 aromatic rings. The average Bonchev–Trinajstić information content (AvgIpc) is 3.04. The van der Waals surface area contributed by atoms with Crippen molar-refractivity contribution in [2.75, 3.05) is 32.1 Å².